The van der Waals surface area contributed by atoms with Crippen LogP contribution < -0.4 is 0 Å². The van der Waals surface area contributed by atoms with Crippen molar-refractivity contribution in [2.75, 3.05) is 6.61 Å². The van der Waals surface area contributed by atoms with Gasteiger partial charge in [0.15, 0.2) is 0 Å². The smallest absolute Gasteiger partial charge is 0.307 e. The minimum absolute atomic E-state index is 0.0945. The predicted octanol–water partition coefficient (Wildman–Crippen LogP) is 3.40. The molecule has 2 atom stereocenters. The van der Waals surface area contributed by atoms with Crippen molar-refractivity contribution in [1.82, 2.24) is 0 Å². The van der Waals surface area contributed by atoms with Crippen molar-refractivity contribution in [3.05, 3.63) is 24.3 Å². The highest BCUT2D eigenvalue weighted by atomic mass is 32.1. The number of ether oxygens (including phenoxy) is 1. The molecule has 0 bridgehead atoms. The number of allylic oxidation sites excluding steroid dienone is 3. The quantitative estimate of drug-likeness (QED) is 0.421. The normalized spacial score (nSPS) is 15.5. The summed E-state index contributed by atoms with van der Waals surface area (Å²) in [4.78, 5) is 11.4. The Balaban J connectivity index is 3.74. The van der Waals surface area contributed by atoms with Gasteiger partial charge in [0.25, 0.3) is 0 Å². The van der Waals surface area contributed by atoms with Crippen molar-refractivity contribution >= 4 is 18.6 Å². The summed E-state index contributed by atoms with van der Waals surface area (Å²) >= 11 is 4.39. The van der Waals surface area contributed by atoms with Crippen LogP contribution in [0.4, 0.5) is 0 Å². The zero-order valence-corrected chi connectivity index (χ0v) is 11.2. The van der Waals surface area contributed by atoms with E-state index in [9.17, 15) is 4.79 Å². The van der Waals surface area contributed by atoms with Gasteiger partial charge in [-0.05, 0) is 18.9 Å². The molecule has 0 saturated carbocycles. The SMILES string of the molecule is CC=CC=CCOC(=O)CC(S)C(C)CC. The first-order valence-corrected chi connectivity index (χ1v) is 6.24. The van der Waals surface area contributed by atoms with Gasteiger partial charge >= 0.3 is 5.97 Å². The van der Waals surface area contributed by atoms with Crippen LogP contribution in [0.2, 0.25) is 0 Å². The van der Waals surface area contributed by atoms with Gasteiger partial charge in [-0.25, -0.2) is 0 Å². The summed E-state index contributed by atoms with van der Waals surface area (Å²) in [6.07, 6.45) is 8.91. The molecule has 0 aliphatic rings. The number of carbonyl (C=O) groups excluding carboxylic acids is 1. The second-order valence-electron chi connectivity index (χ2n) is 3.79. The van der Waals surface area contributed by atoms with Gasteiger partial charge in [-0.2, -0.15) is 12.6 Å². The first kappa shape index (κ1) is 15.3. The third kappa shape index (κ3) is 7.57. The van der Waals surface area contributed by atoms with Crippen LogP contribution in [-0.2, 0) is 9.53 Å². The number of rotatable bonds is 7. The van der Waals surface area contributed by atoms with Crippen molar-refractivity contribution < 1.29 is 9.53 Å². The second-order valence-corrected chi connectivity index (χ2v) is 4.46. The molecule has 0 aliphatic carbocycles. The van der Waals surface area contributed by atoms with E-state index in [0.717, 1.165) is 6.42 Å². The zero-order chi connectivity index (χ0) is 12.4. The lowest BCUT2D eigenvalue weighted by molar-refractivity contribution is -0.142. The predicted molar refractivity (Wildman–Crippen MR) is 71.8 cm³/mol. The summed E-state index contributed by atoms with van der Waals surface area (Å²) < 4.78 is 5.05. The fourth-order valence-electron chi connectivity index (χ4n) is 1.09. The molecule has 0 saturated heterocycles. The van der Waals surface area contributed by atoms with Crippen LogP contribution in [0.25, 0.3) is 0 Å². The van der Waals surface area contributed by atoms with Gasteiger partial charge in [0, 0.05) is 5.25 Å². The average Bonchev–Trinajstić information content (AvgIpc) is 2.27. The van der Waals surface area contributed by atoms with Crippen LogP contribution in [-0.4, -0.2) is 17.8 Å². The molecular formula is C13H22O2S. The summed E-state index contributed by atoms with van der Waals surface area (Å²) in [6.45, 7) is 6.47. The molecular weight excluding hydrogens is 220 g/mol. The molecule has 3 heteroatoms. The summed E-state index contributed by atoms with van der Waals surface area (Å²) in [5.41, 5.74) is 0. The topological polar surface area (TPSA) is 26.3 Å². The minimum atomic E-state index is -0.176. The summed E-state index contributed by atoms with van der Waals surface area (Å²) in [6, 6.07) is 0. The van der Waals surface area contributed by atoms with E-state index in [1.807, 2.05) is 31.2 Å². The molecule has 0 N–H and O–H groups in total. The van der Waals surface area contributed by atoms with E-state index in [1.165, 1.54) is 0 Å². The Hall–Kier alpha value is -0.700. The van der Waals surface area contributed by atoms with Crippen LogP contribution >= 0.6 is 12.6 Å². The molecule has 92 valence electrons. The van der Waals surface area contributed by atoms with Gasteiger partial charge < -0.3 is 4.74 Å². The standard InChI is InChI=1S/C13H22O2S/c1-4-6-7-8-9-15-13(14)10-12(16)11(3)5-2/h4,6-8,11-12,16H,5,9-10H2,1-3H3. The van der Waals surface area contributed by atoms with E-state index in [1.54, 1.807) is 0 Å². The molecule has 0 fully saturated rings. The van der Waals surface area contributed by atoms with Crippen LogP contribution in [0, 0.1) is 5.92 Å². The van der Waals surface area contributed by atoms with Crippen molar-refractivity contribution in [3.8, 4) is 0 Å². The van der Waals surface area contributed by atoms with Gasteiger partial charge in [-0.3, -0.25) is 4.79 Å². The lowest BCUT2D eigenvalue weighted by atomic mass is 10.0. The molecule has 0 spiro atoms. The average molecular weight is 242 g/mol. The Morgan fingerprint density at radius 1 is 1.44 bits per heavy atom. The molecule has 0 rings (SSSR count). The van der Waals surface area contributed by atoms with E-state index < -0.39 is 0 Å². The number of hydrogen-bond acceptors (Lipinski definition) is 3. The zero-order valence-electron chi connectivity index (χ0n) is 10.3. The van der Waals surface area contributed by atoms with Gasteiger partial charge in [0.1, 0.15) is 6.61 Å². The van der Waals surface area contributed by atoms with Crippen LogP contribution in [0.15, 0.2) is 24.3 Å². The largest absolute Gasteiger partial charge is 0.461 e. The Morgan fingerprint density at radius 3 is 2.69 bits per heavy atom. The van der Waals surface area contributed by atoms with Crippen molar-refractivity contribution in [2.45, 2.75) is 38.9 Å². The summed E-state index contributed by atoms with van der Waals surface area (Å²) in [7, 11) is 0. The third-order valence-corrected chi connectivity index (χ3v) is 3.15. The van der Waals surface area contributed by atoms with Crippen LogP contribution in [0.5, 0.6) is 0 Å². The maximum atomic E-state index is 11.4. The molecule has 0 aliphatic heterocycles. The lowest BCUT2D eigenvalue weighted by Crippen LogP contribution is -2.17. The fourth-order valence-corrected chi connectivity index (χ4v) is 1.45. The molecule has 16 heavy (non-hydrogen) atoms. The number of hydrogen-bond donors (Lipinski definition) is 1. The highest BCUT2D eigenvalue weighted by Crippen LogP contribution is 2.17. The molecule has 0 radical (unpaired) electrons. The van der Waals surface area contributed by atoms with Crippen LogP contribution in [0.3, 0.4) is 0 Å². The maximum Gasteiger partial charge on any atom is 0.307 e. The summed E-state index contributed by atoms with van der Waals surface area (Å²) in [5.74, 6) is 0.264. The molecule has 0 aromatic carbocycles. The molecule has 0 heterocycles. The first-order valence-electron chi connectivity index (χ1n) is 5.73. The fraction of sp³-hybridized carbons (Fsp3) is 0.615. The molecule has 2 nitrogen and oxygen atoms in total. The monoisotopic (exact) mass is 242 g/mol. The minimum Gasteiger partial charge on any atom is -0.461 e. The van der Waals surface area contributed by atoms with E-state index in [0.29, 0.717) is 18.9 Å². The first-order chi connectivity index (χ1) is 7.61. The van der Waals surface area contributed by atoms with Gasteiger partial charge in [0.05, 0.1) is 6.42 Å². The molecule has 0 aromatic rings. The number of esters is 1. The van der Waals surface area contributed by atoms with E-state index in [4.69, 9.17) is 4.74 Å². The van der Waals surface area contributed by atoms with E-state index in [-0.39, 0.29) is 11.2 Å². The maximum absolute atomic E-state index is 11.4. The Morgan fingerprint density at radius 2 is 2.12 bits per heavy atom. The number of carbonyl (C=O) groups is 1. The Bertz CT molecular complexity index is 246. The number of thiol groups is 1. The summed E-state index contributed by atoms with van der Waals surface area (Å²) in [5, 5.41) is 0.0945. The highest BCUT2D eigenvalue weighted by Gasteiger charge is 2.15. The van der Waals surface area contributed by atoms with E-state index in [2.05, 4.69) is 26.5 Å². The van der Waals surface area contributed by atoms with Crippen molar-refractivity contribution in [1.29, 1.82) is 0 Å². The lowest BCUT2D eigenvalue weighted by Gasteiger charge is -2.15. The molecule has 0 aromatic heterocycles. The molecule has 0 amide bonds. The second kappa shape index (κ2) is 9.52. The highest BCUT2D eigenvalue weighted by molar-refractivity contribution is 7.81. The van der Waals surface area contributed by atoms with Crippen molar-refractivity contribution in [2.24, 2.45) is 5.92 Å². The third-order valence-electron chi connectivity index (χ3n) is 2.46. The van der Waals surface area contributed by atoms with Gasteiger partial charge in [-0.15, -0.1) is 0 Å². The Labute approximate surface area is 104 Å². The van der Waals surface area contributed by atoms with Gasteiger partial charge in [-0.1, -0.05) is 38.5 Å². The van der Waals surface area contributed by atoms with Gasteiger partial charge in [0.2, 0.25) is 0 Å². The van der Waals surface area contributed by atoms with E-state index >= 15 is 0 Å². The van der Waals surface area contributed by atoms with Crippen LogP contribution in [0.1, 0.15) is 33.6 Å². The molecule has 2 unspecified atom stereocenters. The Kier molecular flexibility index (Phi) is 9.10. The van der Waals surface area contributed by atoms with Crippen molar-refractivity contribution in [3.63, 3.8) is 0 Å².